The van der Waals surface area contributed by atoms with Gasteiger partial charge in [0, 0.05) is 17.5 Å². The number of hydrogen-bond acceptors (Lipinski definition) is 7. The predicted octanol–water partition coefficient (Wildman–Crippen LogP) is 2.09. The third-order valence-electron chi connectivity index (χ3n) is 5.22. The van der Waals surface area contributed by atoms with Crippen molar-refractivity contribution in [2.24, 2.45) is 0 Å². The SMILES string of the molecule is CCC(=O)N(NC(=O)COc1ccc(Cl)cc1)C1CC(=O)N(c2ccc3c(c2)OCCO3)C1=O. The Morgan fingerprint density at radius 1 is 1.12 bits per heavy atom. The van der Waals surface area contributed by atoms with Gasteiger partial charge in [-0.05, 0) is 36.4 Å². The number of hydrogen-bond donors (Lipinski definition) is 1. The van der Waals surface area contributed by atoms with E-state index in [0.29, 0.717) is 41.2 Å². The molecule has 1 atom stereocenters. The number of halogens is 1. The van der Waals surface area contributed by atoms with Crippen LogP contribution in [0.3, 0.4) is 0 Å². The van der Waals surface area contributed by atoms with Crippen LogP contribution in [0.2, 0.25) is 5.02 Å². The fourth-order valence-corrected chi connectivity index (χ4v) is 3.72. The molecule has 11 heteroatoms. The lowest BCUT2D eigenvalue weighted by atomic mass is 10.2. The summed E-state index contributed by atoms with van der Waals surface area (Å²) >= 11 is 5.83. The molecule has 10 nitrogen and oxygen atoms in total. The highest BCUT2D eigenvalue weighted by Crippen LogP contribution is 2.36. The van der Waals surface area contributed by atoms with Crippen LogP contribution < -0.4 is 24.5 Å². The van der Waals surface area contributed by atoms with Crippen molar-refractivity contribution >= 4 is 40.9 Å². The van der Waals surface area contributed by atoms with Gasteiger partial charge in [0.05, 0.1) is 12.1 Å². The lowest BCUT2D eigenvalue weighted by Gasteiger charge is -2.27. The highest BCUT2D eigenvalue weighted by molar-refractivity contribution is 6.30. The quantitative estimate of drug-likeness (QED) is 0.490. The number of hydrazine groups is 1. The number of benzene rings is 2. The average molecular weight is 488 g/mol. The predicted molar refractivity (Wildman–Crippen MR) is 121 cm³/mol. The minimum atomic E-state index is -1.19. The molecule has 0 spiro atoms. The van der Waals surface area contributed by atoms with E-state index in [1.807, 2.05) is 0 Å². The molecule has 1 unspecified atom stereocenters. The van der Waals surface area contributed by atoms with Crippen LogP contribution in [0.15, 0.2) is 42.5 Å². The summed E-state index contributed by atoms with van der Waals surface area (Å²) in [5.74, 6) is -0.979. The minimum Gasteiger partial charge on any atom is -0.486 e. The Labute approximate surface area is 200 Å². The highest BCUT2D eigenvalue weighted by atomic mass is 35.5. The number of fused-ring (bicyclic) bond motifs is 1. The van der Waals surface area contributed by atoms with Gasteiger partial charge in [0.2, 0.25) is 11.8 Å². The number of carbonyl (C=O) groups excluding carboxylic acids is 4. The molecule has 0 aromatic heterocycles. The number of nitrogens with one attached hydrogen (secondary N) is 1. The molecule has 4 rings (SSSR count). The number of rotatable bonds is 6. The van der Waals surface area contributed by atoms with Crippen LogP contribution in [0.25, 0.3) is 0 Å². The number of nitrogens with zero attached hydrogens (tertiary/aromatic N) is 2. The second-order valence-electron chi connectivity index (χ2n) is 7.51. The van der Waals surface area contributed by atoms with E-state index in [0.717, 1.165) is 9.91 Å². The first-order valence-electron chi connectivity index (χ1n) is 10.6. The Morgan fingerprint density at radius 2 is 1.82 bits per heavy atom. The molecular formula is C23H22ClN3O7. The molecule has 2 aromatic rings. The van der Waals surface area contributed by atoms with E-state index in [1.165, 1.54) is 6.07 Å². The zero-order valence-electron chi connectivity index (χ0n) is 18.3. The summed E-state index contributed by atoms with van der Waals surface area (Å²) in [5.41, 5.74) is 2.71. The molecule has 2 aliphatic heterocycles. The first-order valence-corrected chi connectivity index (χ1v) is 11.0. The molecule has 34 heavy (non-hydrogen) atoms. The molecule has 0 bridgehead atoms. The molecule has 2 aliphatic rings. The molecule has 1 fully saturated rings. The second-order valence-corrected chi connectivity index (χ2v) is 7.95. The zero-order valence-corrected chi connectivity index (χ0v) is 19.0. The van der Waals surface area contributed by atoms with Crippen molar-refractivity contribution in [3.63, 3.8) is 0 Å². The minimum absolute atomic E-state index is 0.0142. The molecule has 0 saturated carbocycles. The van der Waals surface area contributed by atoms with Gasteiger partial charge in [-0.15, -0.1) is 0 Å². The van der Waals surface area contributed by atoms with Crippen LogP contribution in [0.5, 0.6) is 17.2 Å². The van der Waals surface area contributed by atoms with Gasteiger partial charge in [-0.25, -0.2) is 9.91 Å². The van der Waals surface area contributed by atoms with Crippen LogP contribution in [0.4, 0.5) is 5.69 Å². The normalized spacial score (nSPS) is 16.9. The van der Waals surface area contributed by atoms with Crippen molar-refractivity contribution in [1.82, 2.24) is 10.4 Å². The van der Waals surface area contributed by atoms with Crippen molar-refractivity contribution in [3.8, 4) is 17.2 Å². The first-order chi connectivity index (χ1) is 16.4. The Kier molecular flexibility index (Phi) is 6.87. The number of carbonyl (C=O) groups is 4. The summed E-state index contributed by atoms with van der Waals surface area (Å²) in [6.07, 6.45) is -0.266. The molecular weight excluding hydrogens is 466 g/mol. The van der Waals surface area contributed by atoms with E-state index in [-0.39, 0.29) is 12.8 Å². The first kappa shape index (κ1) is 23.4. The van der Waals surface area contributed by atoms with Gasteiger partial charge in [0.25, 0.3) is 11.8 Å². The molecule has 1 saturated heterocycles. The van der Waals surface area contributed by atoms with Gasteiger partial charge < -0.3 is 14.2 Å². The molecule has 2 heterocycles. The van der Waals surface area contributed by atoms with Crippen molar-refractivity contribution in [2.75, 3.05) is 24.7 Å². The van der Waals surface area contributed by atoms with Crippen LogP contribution in [-0.2, 0) is 19.2 Å². The van der Waals surface area contributed by atoms with E-state index in [2.05, 4.69) is 5.43 Å². The number of ether oxygens (including phenoxy) is 3. The lowest BCUT2D eigenvalue weighted by Crippen LogP contribution is -2.55. The fourth-order valence-electron chi connectivity index (χ4n) is 3.59. The molecule has 0 radical (unpaired) electrons. The molecule has 178 valence electrons. The summed E-state index contributed by atoms with van der Waals surface area (Å²) in [6.45, 7) is 1.94. The van der Waals surface area contributed by atoms with Gasteiger partial charge >= 0.3 is 0 Å². The van der Waals surface area contributed by atoms with Crippen molar-refractivity contribution in [2.45, 2.75) is 25.8 Å². The van der Waals surface area contributed by atoms with Crippen LogP contribution in [0, 0.1) is 0 Å². The van der Waals surface area contributed by atoms with E-state index in [4.69, 9.17) is 25.8 Å². The third-order valence-corrected chi connectivity index (χ3v) is 5.47. The van der Waals surface area contributed by atoms with Gasteiger partial charge in [-0.1, -0.05) is 18.5 Å². The van der Waals surface area contributed by atoms with Crippen molar-refractivity contribution in [3.05, 3.63) is 47.5 Å². The van der Waals surface area contributed by atoms with Crippen LogP contribution in [-0.4, -0.2) is 54.5 Å². The van der Waals surface area contributed by atoms with Crippen LogP contribution >= 0.6 is 11.6 Å². The van der Waals surface area contributed by atoms with E-state index in [1.54, 1.807) is 43.3 Å². The second kappa shape index (κ2) is 10.0. The van der Waals surface area contributed by atoms with Crippen molar-refractivity contribution in [1.29, 1.82) is 0 Å². The number of anilines is 1. The van der Waals surface area contributed by atoms with Gasteiger partial charge in [0.15, 0.2) is 18.1 Å². The largest absolute Gasteiger partial charge is 0.486 e. The summed E-state index contributed by atoms with van der Waals surface area (Å²) in [6, 6.07) is 9.93. The lowest BCUT2D eigenvalue weighted by molar-refractivity contribution is -0.148. The standard InChI is InChI=1S/C23H22ClN3O7/c1-2-21(29)27(25-20(28)13-34-16-6-3-14(24)4-7-16)17-12-22(30)26(23(17)31)15-5-8-18-19(11-15)33-10-9-32-18/h3-8,11,17H,2,9-10,12-13H2,1H3,(H,25,28). The van der Waals surface area contributed by atoms with Crippen LogP contribution in [0.1, 0.15) is 19.8 Å². The molecule has 2 aromatic carbocycles. The van der Waals surface area contributed by atoms with E-state index >= 15 is 0 Å². The van der Waals surface area contributed by atoms with E-state index in [9.17, 15) is 19.2 Å². The molecule has 0 aliphatic carbocycles. The maximum absolute atomic E-state index is 13.2. The number of amides is 4. The summed E-state index contributed by atoms with van der Waals surface area (Å²) in [4.78, 5) is 52.0. The molecule has 4 amide bonds. The van der Waals surface area contributed by atoms with Gasteiger partial charge in [0.1, 0.15) is 25.0 Å². The molecule has 1 N–H and O–H groups in total. The maximum atomic E-state index is 13.2. The van der Waals surface area contributed by atoms with Gasteiger partial charge in [-0.2, -0.15) is 0 Å². The smallest absolute Gasteiger partial charge is 0.276 e. The Balaban J connectivity index is 1.47. The zero-order chi connectivity index (χ0) is 24.2. The Hall–Kier alpha value is -3.79. The van der Waals surface area contributed by atoms with Crippen molar-refractivity contribution < 1.29 is 33.4 Å². The summed E-state index contributed by atoms with van der Waals surface area (Å²) in [7, 11) is 0. The summed E-state index contributed by atoms with van der Waals surface area (Å²) < 4.78 is 16.4. The number of imide groups is 1. The monoisotopic (exact) mass is 487 g/mol. The Morgan fingerprint density at radius 3 is 2.53 bits per heavy atom. The van der Waals surface area contributed by atoms with E-state index < -0.39 is 36.3 Å². The Bertz CT molecular complexity index is 1120. The summed E-state index contributed by atoms with van der Waals surface area (Å²) in [5, 5.41) is 1.43. The third kappa shape index (κ3) is 4.91. The average Bonchev–Trinajstić information content (AvgIpc) is 3.14. The topological polar surface area (TPSA) is 114 Å². The fraction of sp³-hybridized carbons (Fsp3) is 0.304. The highest BCUT2D eigenvalue weighted by Gasteiger charge is 2.45. The van der Waals surface area contributed by atoms with Gasteiger partial charge in [-0.3, -0.25) is 24.6 Å². The maximum Gasteiger partial charge on any atom is 0.276 e.